The minimum Gasteiger partial charge on any atom is -0.508 e. The molecule has 2 aromatic rings. The molecule has 0 unspecified atom stereocenters. The van der Waals surface area contributed by atoms with Crippen molar-refractivity contribution in [3.05, 3.63) is 57.6 Å². The molecule has 0 spiro atoms. The molecule has 0 aliphatic heterocycles. The lowest BCUT2D eigenvalue weighted by Crippen LogP contribution is -2.30. The molecule has 166 valence electrons. The van der Waals surface area contributed by atoms with Gasteiger partial charge in [0, 0.05) is 5.41 Å². The number of rotatable bonds is 5. The maximum absolute atomic E-state index is 10.7. The highest BCUT2D eigenvalue weighted by Crippen LogP contribution is 2.47. The second kappa shape index (κ2) is 8.29. The van der Waals surface area contributed by atoms with Gasteiger partial charge in [0.15, 0.2) is 0 Å². The number of aryl methyl sites for hydroxylation is 2. The zero-order valence-corrected chi connectivity index (χ0v) is 20.8. The van der Waals surface area contributed by atoms with Gasteiger partial charge in [-0.25, -0.2) is 0 Å². The second-order valence-electron chi connectivity index (χ2n) is 11.1. The summed E-state index contributed by atoms with van der Waals surface area (Å²) in [5.41, 5.74) is 6.38. The first kappa shape index (κ1) is 24.3. The third-order valence-corrected chi connectivity index (χ3v) is 6.61. The Balaban J connectivity index is 2.94. The second-order valence-corrected chi connectivity index (χ2v) is 11.1. The predicted molar refractivity (Wildman–Crippen MR) is 129 cm³/mol. The van der Waals surface area contributed by atoms with Crippen LogP contribution in [-0.2, 0) is 16.2 Å². The molecule has 2 aromatic carbocycles. The van der Waals surface area contributed by atoms with E-state index in [-0.39, 0.29) is 16.2 Å². The average molecular weight is 411 g/mol. The fourth-order valence-corrected chi connectivity index (χ4v) is 5.02. The molecule has 0 saturated heterocycles. The Morgan fingerprint density at radius 2 is 1.00 bits per heavy atom. The van der Waals surface area contributed by atoms with Gasteiger partial charge in [-0.1, -0.05) is 73.9 Å². The van der Waals surface area contributed by atoms with Crippen molar-refractivity contribution in [1.82, 2.24) is 0 Å². The topological polar surface area (TPSA) is 40.5 Å². The Kier molecular flexibility index (Phi) is 6.71. The molecule has 2 rings (SSSR count). The average Bonchev–Trinajstić information content (AvgIpc) is 2.58. The van der Waals surface area contributed by atoms with Crippen molar-refractivity contribution in [2.24, 2.45) is 0 Å². The summed E-state index contributed by atoms with van der Waals surface area (Å²) in [5.74, 6) is 0.756. The molecule has 0 aliphatic carbocycles. The van der Waals surface area contributed by atoms with Crippen LogP contribution in [0.1, 0.15) is 108 Å². The lowest BCUT2D eigenvalue weighted by atomic mass is 9.65. The van der Waals surface area contributed by atoms with Crippen molar-refractivity contribution in [3.8, 4) is 11.5 Å². The van der Waals surface area contributed by atoms with Crippen molar-refractivity contribution in [3.63, 3.8) is 0 Å². The van der Waals surface area contributed by atoms with Crippen LogP contribution in [0.2, 0.25) is 0 Å². The Morgan fingerprint density at radius 1 is 0.633 bits per heavy atom. The zero-order valence-electron chi connectivity index (χ0n) is 20.8. The molecule has 0 saturated carbocycles. The normalized spacial score (nSPS) is 13.0. The first-order valence-electron chi connectivity index (χ1n) is 11.4. The van der Waals surface area contributed by atoms with Gasteiger partial charge in [-0.05, 0) is 83.0 Å². The number of hydrogen-bond donors (Lipinski definition) is 2. The standard InChI is InChI=1S/C28H42O2/c1-11-13-28(12-2,20-16-22(26(5,6)7)24(29)14-18(20)3)21-17-23(27(8,9)10)25(30)15-19(21)4/h14-17,29-30H,11-13H2,1-10H3. The summed E-state index contributed by atoms with van der Waals surface area (Å²) in [6.07, 6.45) is 3.04. The molecule has 0 heterocycles. The van der Waals surface area contributed by atoms with E-state index in [0.29, 0.717) is 11.5 Å². The minimum atomic E-state index is -0.162. The summed E-state index contributed by atoms with van der Waals surface area (Å²) < 4.78 is 0. The Labute approximate surface area is 184 Å². The van der Waals surface area contributed by atoms with Crippen LogP contribution in [0.3, 0.4) is 0 Å². The first-order chi connectivity index (χ1) is 13.7. The largest absolute Gasteiger partial charge is 0.508 e. The van der Waals surface area contributed by atoms with E-state index in [9.17, 15) is 10.2 Å². The number of phenols is 2. The molecular formula is C28H42O2. The number of benzene rings is 2. The number of aromatic hydroxyl groups is 2. The fourth-order valence-electron chi connectivity index (χ4n) is 5.02. The summed E-state index contributed by atoms with van der Waals surface area (Å²) in [6.45, 7) is 21.6. The van der Waals surface area contributed by atoms with Gasteiger partial charge in [-0.3, -0.25) is 0 Å². The molecule has 0 radical (unpaired) electrons. The van der Waals surface area contributed by atoms with Gasteiger partial charge in [-0.15, -0.1) is 0 Å². The third-order valence-electron chi connectivity index (χ3n) is 6.61. The Morgan fingerprint density at radius 3 is 1.27 bits per heavy atom. The molecule has 2 N–H and O–H groups in total. The van der Waals surface area contributed by atoms with Crippen molar-refractivity contribution in [2.45, 2.75) is 105 Å². The van der Waals surface area contributed by atoms with Gasteiger partial charge < -0.3 is 10.2 Å². The number of hydrogen-bond acceptors (Lipinski definition) is 2. The highest BCUT2D eigenvalue weighted by atomic mass is 16.3. The highest BCUT2D eigenvalue weighted by Gasteiger charge is 2.37. The monoisotopic (exact) mass is 410 g/mol. The van der Waals surface area contributed by atoms with E-state index in [1.54, 1.807) is 0 Å². The SMILES string of the molecule is CCCC(CC)(c1cc(C(C)(C)C)c(O)cc1C)c1cc(C(C)(C)C)c(O)cc1C. The van der Waals surface area contributed by atoms with Gasteiger partial charge in [0.25, 0.3) is 0 Å². The molecule has 0 aliphatic rings. The quantitative estimate of drug-likeness (QED) is 0.528. The van der Waals surface area contributed by atoms with Crippen LogP contribution in [0, 0.1) is 13.8 Å². The van der Waals surface area contributed by atoms with Gasteiger partial charge in [-0.2, -0.15) is 0 Å². The summed E-state index contributed by atoms with van der Waals surface area (Å²) >= 11 is 0. The third kappa shape index (κ3) is 4.38. The van der Waals surface area contributed by atoms with E-state index < -0.39 is 0 Å². The van der Waals surface area contributed by atoms with E-state index in [1.165, 1.54) is 11.1 Å². The van der Waals surface area contributed by atoms with E-state index in [2.05, 4.69) is 81.4 Å². The van der Waals surface area contributed by atoms with Crippen LogP contribution in [0.15, 0.2) is 24.3 Å². The summed E-state index contributed by atoms with van der Waals surface area (Å²) in [6, 6.07) is 8.37. The summed E-state index contributed by atoms with van der Waals surface area (Å²) in [7, 11) is 0. The lowest BCUT2D eigenvalue weighted by Gasteiger charge is -2.39. The molecular weight excluding hydrogens is 368 g/mol. The van der Waals surface area contributed by atoms with Crippen molar-refractivity contribution < 1.29 is 10.2 Å². The maximum atomic E-state index is 10.7. The molecule has 0 aromatic heterocycles. The summed E-state index contributed by atoms with van der Waals surface area (Å²) in [5, 5.41) is 21.4. The molecule has 0 atom stereocenters. The smallest absolute Gasteiger partial charge is 0.119 e. The van der Waals surface area contributed by atoms with Gasteiger partial charge in [0.05, 0.1) is 0 Å². The van der Waals surface area contributed by atoms with E-state index in [0.717, 1.165) is 41.5 Å². The maximum Gasteiger partial charge on any atom is 0.119 e. The van der Waals surface area contributed by atoms with Crippen LogP contribution in [-0.4, -0.2) is 10.2 Å². The van der Waals surface area contributed by atoms with E-state index >= 15 is 0 Å². The van der Waals surface area contributed by atoms with Crippen LogP contribution in [0.5, 0.6) is 11.5 Å². The van der Waals surface area contributed by atoms with E-state index in [1.807, 2.05) is 12.1 Å². The van der Waals surface area contributed by atoms with Crippen LogP contribution < -0.4 is 0 Å². The lowest BCUT2D eigenvalue weighted by molar-refractivity contribution is 0.423. The molecule has 30 heavy (non-hydrogen) atoms. The van der Waals surface area contributed by atoms with Gasteiger partial charge in [0.2, 0.25) is 0 Å². The van der Waals surface area contributed by atoms with Crippen LogP contribution >= 0.6 is 0 Å². The Bertz CT molecular complexity index is 838. The van der Waals surface area contributed by atoms with Crippen LogP contribution in [0.25, 0.3) is 0 Å². The minimum absolute atomic E-state index is 0.140. The van der Waals surface area contributed by atoms with Crippen LogP contribution in [0.4, 0.5) is 0 Å². The first-order valence-corrected chi connectivity index (χ1v) is 11.4. The number of phenolic OH excluding ortho intramolecular Hbond substituents is 2. The van der Waals surface area contributed by atoms with E-state index in [4.69, 9.17) is 0 Å². The predicted octanol–water partition coefficient (Wildman–Crippen LogP) is 7.81. The molecule has 0 bridgehead atoms. The zero-order chi connectivity index (χ0) is 23.1. The molecule has 2 nitrogen and oxygen atoms in total. The van der Waals surface area contributed by atoms with Crippen molar-refractivity contribution >= 4 is 0 Å². The molecule has 2 heteroatoms. The van der Waals surface area contributed by atoms with Gasteiger partial charge >= 0.3 is 0 Å². The molecule has 0 fully saturated rings. The van der Waals surface area contributed by atoms with Crippen molar-refractivity contribution in [1.29, 1.82) is 0 Å². The Hall–Kier alpha value is -1.96. The molecule has 0 amide bonds. The summed E-state index contributed by atoms with van der Waals surface area (Å²) in [4.78, 5) is 0. The highest BCUT2D eigenvalue weighted by molar-refractivity contribution is 5.55. The van der Waals surface area contributed by atoms with Gasteiger partial charge in [0.1, 0.15) is 11.5 Å². The van der Waals surface area contributed by atoms with Crippen molar-refractivity contribution in [2.75, 3.05) is 0 Å². The fraction of sp³-hybridized carbons (Fsp3) is 0.571.